The zero-order valence-corrected chi connectivity index (χ0v) is 18.7. The van der Waals surface area contributed by atoms with E-state index in [9.17, 15) is 9.18 Å². The molecule has 3 aromatic rings. The first-order chi connectivity index (χ1) is 16.1. The highest BCUT2D eigenvalue weighted by Crippen LogP contribution is 2.54. The Morgan fingerprint density at radius 2 is 1.85 bits per heavy atom. The van der Waals surface area contributed by atoms with E-state index in [1.54, 1.807) is 31.4 Å². The topological polar surface area (TPSA) is 63.0 Å². The molecule has 0 spiro atoms. The Morgan fingerprint density at radius 1 is 1.12 bits per heavy atom. The van der Waals surface area contributed by atoms with Crippen LogP contribution in [0.1, 0.15) is 48.3 Å². The average Bonchev–Trinajstić information content (AvgIpc) is 3.39. The number of methoxy groups -OCH3 is 1. The SMILES string of the molecule is COC(C(=O)Cc1ccc(C#N)cc1)C1C[C@H]2CC(c3ccnc4ccc(F)cc34)C[C@H]2C1. The first-order valence-corrected chi connectivity index (χ1v) is 11.6. The zero-order chi connectivity index (χ0) is 22.9. The van der Waals surface area contributed by atoms with Gasteiger partial charge in [0, 0.05) is 25.1 Å². The number of ether oxygens (including phenoxy) is 1. The summed E-state index contributed by atoms with van der Waals surface area (Å²) in [5.41, 5.74) is 3.55. The molecule has 3 unspecified atom stereocenters. The molecular formula is C28H27FN2O2. The van der Waals surface area contributed by atoms with Crippen LogP contribution >= 0.6 is 0 Å². The Balaban J connectivity index is 1.25. The van der Waals surface area contributed by atoms with Crippen LogP contribution in [-0.2, 0) is 16.0 Å². The van der Waals surface area contributed by atoms with Crippen molar-refractivity contribution in [1.82, 2.24) is 4.98 Å². The fraction of sp³-hybridized carbons (Fsp3) is 0.393. The second-order valence-corrected chi connectivity index (χ2v) is 9.59. The molecule has 0 saturated heterocycles. The van der Waals surface area contributed by atoms with E-state index in [1.165, 1.54) is 11.6 Å². The summed E-state index contributed by atoms with van der Waals surface area (Å²) in [6.07, 6.45) is 5.89. The van der Waals surface area contributed by atoms with Crippen molar-refractivity contribution in [2.45, 2.75) is 44.1 Å². The summed E-state index contributed by atoms with van der Waals surface area (Å²) in [5, 5.41) is 9.88. The van der Waals surface area contributed by atoms with Crippen LogP contribution in [0, 0.1) is 34.9 Å². The number of nitriles is 1. The average molecular weight is 443 g/mol. The molecule has 1 aromatic heterocycles. The molecule has 5 heteroatoms. The van der Waals surface area contributed by atoms with Gasteiger partial charge >= 0.3 is 0 Å². The lowest BCUT2D eigenvalue weighted by atomic mass is 9.87. The van der Waals surface area contributed by atoms with E-state index in [0.29, 0.717) is 29.7 Å². The maximum atomic E-state index is 13.9. The second kappa shape index (κ2) is 9.03. The number of aromatic nitrogens is 1. The summed E-state index contributed by atoms with van der Waals surface area (Å²) in [6, 6.07) is 16.2. The van der Waals surface area contributed by atoms with Crippen molar-refractivity contribution in [3.8, 4) is 6.07 Å². The molecule has 2 fully saturated rings. The molecule has 2 aromatic carbocycles. The van der Waals surface area contributed by atoms with Gasteiger partial charge in [-0.2, -0.15) is 5.26 Å². The summed E-state index contributed by atoms with van der Waals surface area (Å²) < 4.78 is 19.6. The molecule has 33 heavy (non-hydrogen) atoms. The molecule has 168 valence electrons. The number of pyridine rings is 1. The maximum Gasteiger partial charge on any atom is 0.166 e. The first-order valence-electron chi connectivity index (χ1n) is 11.6. The van der Waals surface area contributed by atoms with Crippen LogP contribution in [-0.4, -0.2) is 24.0 Å². The van der Waals surface area contributed by atoms with E-state index in [2.05, 4.69) is 11.1 Å². The Bertz CT molecular complexity index is 1200. The minimum atomic E-state index is -0.388. The lowest BCUT2D eigenvalue weighted by molar-refractivity contribution is -0.131. The van der Waals surface area contributed by atoms with E-state index in [0.717, 1.165) is 42.1 Å². The third kappa shape index (κ3) is 4.28. The van der Waals surface area contributed by atoms with Crippen LogP contribution in [0.5, 0.6) is 0 Å². The van der Waals surface area contributed by atoms with E-state index in [-0.39, 0.29) is 23.6 Å². The van der Waals surface area contributed by atoms with Gasteiger partial charge < -0.3 is 4.74 Å². The lowest BCUT2D eigenvalue weighted by Crippen LogP contribution is -2.32. The smallest absolute Gasteiger partial charge is 0.166 e. The molecule has 2 aliphatic rings. The normalized spacial score (nSPS) is 25.0. The summed E-state index contributed by atoms with van der Waals surface area (Å²) in [7, 11) is 1.63. The Kier molecular flexibility index (Phi) is 5.95. The number of halogens is 1. The number of carbonyl (C=O) groups is 1. The predicted octanol–water partition coefficient (Wildman–Crippen LogP) is 5.59. The number of hydrogen-bond acceptors (Lipinski definition) is 4. The Hall–Kier alpha value is -3.10. The van der Waals surface area contributed by atoms with Crippen molar-refractivity contribution in [2.75, 3.05) is 7.11 Å². The number of carbonyl (C=O) groups excluding carboxylic acids is 1. The van der Waals surface area contributed by atoms with Gasteiger partial charge in [-0.15, -0.1) is 0 Å². The van der Waals surface area contributed by atoms with Crippen molar-refractivity contribution >= 4 is 16.7 Å². The van der Waals surface area contributed by atoms with Gasteiger partial charge in [-0.05, 0) is 96.9 Å². The quantitative estimate of drug-likeness (QED) is 0.499. The molecule has 0 aliphatic heterocycles. The summed E-state index contributed by atoms with van der Waals surface area (Å²) in [5.74, 6) is 1.67. The summed E-state index contributed by atoms with van der Waals surface area (Å²) in [4.78, 5) is 17.4. The van der Waals surface area contributed by atoms with Gasteiger partial charge in [-0.25, -0.2) is 4.39 Å². The van der Waals surface area contributed by atoms with E-state index < -0.39 is 0 Å². The van der Waals surface area contributed by atoms with Crippen molar-refractivity contribution in [2.24, 2.45) is 17.8 Å². The van der Waals surface area contributed by atoms with Crippen molar-refractivity contribution in [3.05, 3.63) is 77.2 Å². The molecule has 0 amide bonds. The molecule has 0 radical (unpaired) electrons. The van der Waals surface area contributed by atoms with Gasteiger partial charge in [-0.1, -0.05) is 12.1 Å². The van der Waals surface area contributed by atoms with Gasteiger partial charge in [-0.3, -0.25) is 9.78 Å². The molecule has 0 bridgehead atoms. The molecule has 4 nitrogen and oxygen atoms in total. The minimum Gasteiger partial charge on any atom is -0.373 e. The minimum absolute atomic E-state index is 0.110. The lowest BCUT2D eigenvalue weighted by Gasteiger charge is -2.23. The fourth-order valence-electron chi connectivity index (χ4n) is 6.25. The summed E-state index contributed by atoms with van der Waals surface area (Å²) in [6.45, 7) is 0. The fourth-order valence-corrected chi connectivity index (χ4v) is 6.25. The Morgan fingerprint density at radius 3 is 2.52 bits per heavy atom. The van der Waals surface area contributed by atoms with Gasteiger partial charge in [0.1, 0.15) is 11.9 Å². The standard InChI is InChI=1S/C28H27FN2O2/c1-33-28(27(32)10-17-2-4-18(16-30)5-3-17)22-13-19-11-21(12-20(19)14-22)24-8-9-31-26-7-6-23(29)15-25(24)26/h2-9,15,19-22,28H,10-14H2,1H3/t19-,20+,21?,22?,28?. The van der Waals surface area contributed by atoms with Gasteiger partial charge in [0.15, 0.2) is 5.78 Å². The first kappa shape index (κ1) is 21.7. The molecule has 5 rings (SSSR count). The highest BCUT2D eigenvalue weighted by Gasteiger charge is 2.45. The number of benzene rings is 2. The predicted molar refractivity (Wildman–Crippen MR) is 124 cm³/mol. The number of hydrogen-bond donors (Lipinski definition) is 0. The molecule has 1 heterocycles. The van der Waals surface area contributed by atoms with Crippen LogP contribution in [0.3, 0.4) is 0 Å². The molecule has 2 saturated carbocycles. The van der Waals surface area contributed by atoms with Crippen molar-refractivity contribution in [3.63, 3.8) is 0 Å². The third-order valence-corrected chi connectivity index (χ3v) is 7.69. The van der Waals surface area contributed by atoms with Crippen LogP contribution in [0.2, 0.25) is 0 Å². The van der Waals surface area contributed by atoms with Gasteiger partial charge in [0.2, 0.25) is 0 Å². The van der Waals surface area contributed by atoms with Gasteiger partial charge in [0.05, 0.1) is 17.1 Å². The van der Waals surface area contributed by atoms with E-state index in [4.69, 9.17) is 10.00 Å². The maximum absolute atomic E-state index is 13.9. The van der Waals surface area contributed by atoms with Crippen LogP contribution in [0.15, 0.2) is 54.7 Å². The second-order valence-electron chi connectivity index (χ2n) is 9.59. The highest BCUT2D eigenvalue weighted by atomic mass is 19.1. The van der Waals surface area contributed by atoms with E-state index in [1.807, 2.05) is 24.4 Å². The molecule has 5 atom stereocenters. The summed E-state index contributed by atoms with van der Waals surface area (Å²) >= 11 is 0. The van der Waals surface area contributed by atoms with Crippen LogP contribution < -0.4 is 0 Å². The number of Topliss-reactive ketones (excluding diaryl/α,β-unsaturated/α-hetero) is 1. The molecule has 0 N–H and O–H groups in total. The van der Waals surface area contributed by atoms with Gasteiger partial charge in [0.25, 0.3) is 0 Å². The molecule has 2 aliphatic carbocycles. The van der Waals surface area contributed by atoms with Crippen molar-refractivity contribution in [1.29, 1.82) is 5.26 Å². The zero-order valence-electron chi connectivity index (χ0n) is 18.7. The number of fused-ring (bicyclic) bond motifs is 2. The Labute approximate surface area is 193 Å². The largest absolute Gasteiger partial charge is 0.373 e. The number of rotatable bonds is 6. The number of ketones is 1. The van der Waals surface area contributed by atoms with Crippen molar-refractivity contribution < 1.29 is 13.9 Å². The molecular weight excluding hydrogens is 415 g/mol. The third-order valence-electron chi connectivity index (χ3n) is 7.69. The number of nitrogens with zero attached hydrogens (tertiary/aromatic N) is 2. The van der Waals surface area contributed by atoms with E-state index >= 15 is 0 Å². The van der Waals surface area contributed by atoms with Crippen LogP contribution in [0.25, 0.3) is 10.9 Å². The van der Waals surface area contributed by atoms with Crippen LogP contribution in [0.4, 0.5) is 4.39 Å². The monoisotopic (exact) mass is 442 g/mol. The highest BCUT2D eigenvalue weighted by molar-refractivity contribution is 5.85.